The van der Waals surface area contributed by atoms with E-state index in [0.717, 1.165) is 39.9 Å². The molecule has 0 bridgehead atoms. The molecular formula is C21H24N4OS3. The number of benzene rings is 1. The highest BCUT2D eigenvalue weighted by Gasteiger charge is 2.14. The van der Waals surface area contributed by atoms with Gasteiger partial charge in [0.05, 0.1) is 27.7 Å². The lowest BCUT2D eigenvalue weighted by Gasteiger charge is -2.25. The van der Waals surface area contributed by atoms with Crippen molar-refractivity contribution in [1.82, 2.24) is 14.3 Å². The lowest BCUT2D eigenvalue weighted by molar-refractivity contribution is -0.115. The van der Waals surface area contributed by atoms with E-state index >= 15 is 0 Å². The zero-order chi connectivity index (χ0) is 20.2. The second-order valence-electron chi connectivity index (χ2n) is 7.14. The molecule has 8 heteroatoms. The minimum Gasteiger partial charge on any atom is -0.302 e. The van der Waals surface area contributed by atoms with Crippen molar-refractivity contribution in [3.8, 4) is 10.6 Å². The van der Waals surface area contributed by atoms with Crippen molar-refractivity contribution in [3.05, 3.63) is 45.9 Å². The van der Waals surface area contributed by atoms with Crippen molar-refractivity contribution in [1.29, 1.82) is 0 Å². The molecule has 152 valence electrons. The molecule has 0 saturated carbocycles. The average Bonchev–Trinajstić information content (AvgIpc) is 3.29. The second kappa shape index (κ2) is 9.38. The largest absolute Gasteiger partial charge is 0.302 e. The molecule has 0 spiro atoms. The highest BCUT2D eigenvalue weighted by atomic mass is 32.2. The van der Waals surface area contributed by atoms with Crippen molar-refractivity contribution in [3.63, 3.8) is 0 Å². The number of carbonyl (C=O) groups is 1. The summed E-state index contributed by atoms with van der Waals surface area (Å²) in [6.07, 6.45) is 4.26. The Kier molecular flexibility index (Phi) is 6.64. The first-order chi connectivity index (χ1) is 14.1. The maximum Gasteiger partial charge on any atom is 0.230 e. The molecule has 0 aliphatic carbocycles. The van der Waals surface area contributed by atoms with Gasteiger partial charge in [-0.05, 0) is 56.3 Å². The average molecular weight is 445 g/mol. The molecule has 0 atom stereocenters. The summed E-state index contributed by atoms with van der Waals surface area (Å²) in [5.74, 6) is -0.0421. The van der Waals surface area contributed by atoms with Crippen LogP contribution in [0.15, 0.2) is 34.5 Å². The summed E-state index contributed by atoms with van der Waals surface area (Å²) in [6.45, 7) is 6.30. The van der Waals surface area contributed by atoms with E-state index in [9.17, 15) is 4.79 Å². The topological polar surface area (TPSA) is 58.1 Å². The third-order valence-corrected chi connectivity index (χ3v) is 7.68. The summed E-state index contributed by atoms with van der Waals surface area (Å²) in [4.78, 5) is 23.7. The summed E-state index contributed by atoms with van der Waals surface area (Å²) in [5, 5.41) is 6.56. The third kappa shape index (κ3) is 5.45. The van der Waals surface area contributed by atoms with E-state index in [2.05, 4.69) is 31.7 Å². The monoisotopic (exact) mass is 444 g/mol. The summed E-state index contributed by atoms with van der Waals surface area (Å²) in [5.41, 5.74) is 2.88. The van der Waals surface area contributed by atoms with Gasteiger partial charge in [0.1, 0.15) is 0 Å². The number of carbonyl (C=O) groups excluding carboxylic acids is 1. The van der Waals surface area contributed by atoms with Gasteiger partial charge in [0.2, 0.25) is 5.91 Å². The number of aryl methyl sites for hydroxylation is 2. The zero-order valence-corrected chi connectivity index (χ0v) is 19.1. The molecule has 29 heavy (non-hydrogen) atoms. The molecule has 1 fully saturated rings. The Labute approximate surface area is 183 Å². The van der Waals surface area contributed by atoms with E-state index in [0.29, 0.717) is 11.6 Å². The van der Waals surface area contributed by atoms with Crippen LogP contribution in [-0.4, -0.2) is 33.3 Å². The van der Waals surface area contributed by atoms with Gasteiger partial charge in [0, 0.05) is 23.4 Å². The van der Waals surface area contributed by atoms with Crippen LogP contribution in [-0.2, 0) is 11.2 Å². The molecule has 1 aliphatic heterocycles. The summed E-state index contributed by atoms with van der Waals surface area (Å²) in [6, 6.07) is 8.31. The van der Waals surface area contributed by atoms with Gasteiger partial charge in [-0.25, -0.2) is 14.3 Å². The predicted molar refractivity (Wildman–Crippen MR) is 123 cm³/mol. The van der Waals surface area contributed by atoms with Gasteiger partial charge in [-0.1, -0.05) is 18.6 Å². The maximum absolute atomic E-state index is 12.4. The molecule has 1 aliphatic rings. The van der Waals surface area contributed by atoms with Crippen molar-refractivity contribution < 1.29 is 4.79 Å². The number of thiazole rings is 2. The Morgan fingerprint density at radius 2 is 1.90 bits per heavy atom. The number of hydrogen-bond acceptors (Lipinski definition) is 7. The van der Waals surface area contributed by atoms with Crippen LogP contribution in [0, 0.1) is 13.8 Å². The molecule has 0 unspecified atom stereocenters. The Morgan fingerprint density at radius 1 is 1.14 bits per heavy atom. The SMILES string of the molecule is Cc1nc(C)c(-c2csc(NC(=O)Cc3ccc(SN4CCCCC4)cc3)n2)s1. The molecule has 5 nitrogen and oxygen atoms in total. The quantitative estimate of drug-likeness (QED) is 0.505. The number of amides is 1. The van der Waals surface area contributed by atoms with Gasteiger partial charge in [-0.15, -0.1) is 22.7 Å². The smallest absolute Gasteiger partial charge is 0.230 e. The van der Waals surface area contributed by atoms with E-state index < -0.39 is 0 Å². The number of anilines is 1. The molecule has 1 amide bonds. The van der Waals surface area contributed by atoms with Gasteiger partial charge in [-0.3, -0.25) is 4.79 Å². The van der Waals surface area contributed by atoms with E-state index in [4.69, 9.17) is 0 Å². The first kappa shape index (κ1) is 20.5. The number of aromatic nitrogens is 2. The van der Waals surface area contributed by atoms with Gasteiger partial charge in [0.25, 0.3) is 0 Å². The fraction of sp³-hybridized carbons (Fsp3) is 0.381. The van der Waals surface area contributed by atoms with E-state index in [1.54, 1.807) is 11.3 Å². The summed E-state index contributed by atoms with van der Waals surface area (Å²) < 4.78 is 2.43. The van der Waals surface area contributed by atoms with E-state index in [1.807, 2.05) is 43.3 Å². The Balaban J connectivity index is 1.32. The van der Waals surface area contributed by atoms with E-state index in [1.165, 1.54) is 35.5 Å². The fourth-order valence-corrected chi connectivity index (χ4v) is 6.00. The highest BCUT2D eigenvalue weighted by Crippen LogP contribution is 2.32. The predicted octanol–water partition coefficient (Wildman–Crippen LogP) is 5.56. The minimum absolute atomic E-state index is 0.0421. The number of rotatable bonds is 6. The molecule has 3 heterocycles. The number of nitrogens with one attached hydrogen (secondary N) is 1. The van der Waals surface area contributed by atoms with Crippen molar-refractivity contribution in [2.75, 3.05) is 18.4 Å². The number of piperidine rings is 1. The Bertz CT molecular complexity index is 974. The maximum atomic E-state index is 12.4. The molecule has 3 aromatic rings. The first-order valence-corrected chi connectivity index (χ1v) is 12.3. The van der Waals surface area contributed by atoms with Crippen LogP contribution in [0.1, 0.15) is 35.5 Å². The van der Waals surface area contributed by atoms with Gasteiger partial charge < -0.3 is 5.32 Å². The van der Waals surface area contributed by atoms with Gasteiger partial charge in [-0.2, -0.15) is 0 Å². The Morgan fingerprint density at radius 3 is 2.59 bits per heavy atom. The molecule has 1 saturated heterocycles. The molecule has 0 radical (unpaired) electrons. The lowest BCUT2D eigenvalue weighted by atomic mass is 10.1. The highest BCUT2D eigenvalue weighted by molar-refractivity contribution is 7.97. The molecule has 2 aromatic heterocycles. The van der Waals surface area contributed by atoms with Gasteiger partial charge in [0.15, 0.2) is 5.13 Å². The van der Waals surface area contributed by atoms with Crippen LogP contribution >= 0.6 is 34.6 Å². The van der Waals surface area contributed by atoms with E-state index in [-0.39, 0.29) is 5.91 Å². The lowest BCUT2D eigenvalue weighted by Crippen LogP contribution is -2.22. The van der Waals surface area contributed by atoms with Crippen molar-refractivity contribution in [2.24, 2.45) is 0 Å². The minimum atomic E-state index is -0.0421. The molecule has 4 rings (SSSR count). The second-order valence-corrected chi connectivity index (χ2v) is 10.4. The van der Waals surface area contributed by atoms with Crippen LogP contribution in [0.25, 0.3) is 10.6 Å². The standard InChI is InChI=1S/C21H24N4OS3/c1-14-20(28-15(2)22-14)18-13-27-21(23-18)24-19(26)12-16-6-8-17(9-7-16)29-25-10-4-3-5-11-25/h6-9,13H,3-5,10-12H2,1-2H3,(H,23,24,26). The number of nitrogens with zero attached hydrogens (tertiary/aromatic N) is 3. The number of hydrogen-bond donors (Lipinski definition) is 1. The molecule has 1 N–H and O–H groups in total. The van der Waals surface area contributed by atoms with Crippen LogP contribution in [0.2, 0.25) is 0 Å². The van der Waals surface area contributed by atoms with Crippen LogP contribution in [0.4, 0.5) is 5.13 Å². The van der Waals surface area contributed by atoms with Crippen LogP contribution in [0.3, 0.4) is 0 Å². The van der Waals surface area contributed by atoms with Crippen molar-refractivity contribution in [2.45, 2.75) is 44.4 Å². The molecule has 1 aromatic carbocycles. The van der Waals surface area contributed by atoms with Crippen LogP contribution in [0.5, 0.6) is 0 Å². The molecular weight excluding hydrogens is 420 g/mol. The van der Waals surface area contributed by atoms with Gasteiger partial charge >= 0.3 is 0 Å². The Hall–Kier alpha value is -1.74. The van der Waals surface area contributed by atoms with Crippen LogP contribution < -0.4 is 5.32 Å². The summed E-state index contributed by atoms with van der Waals surface area (Å²) >= 11 is 4.90. The summed E-state index contributed by atoms with van der Waals surface area (Å²) in [7, 11) is 0. The first-order valence-electron chi connectivity index (χ1n) is 9.78. The third-order valence-electron chi connectivity index (χ3n) is 4.72. The zero-order valence-electron chi connectivity index (χ0n) is 16.6. The normalized spacial score (nSPS) is 14.8. The fourth-order valence-electron chi connectivity index (χ4n) is 3.33. The van der Waals surface area contributed by atoms with Crippen molar-refractivity contribution >= 4 is 45.7 Å².